The summed E-state index contributed by atoms with van der Waals surface area (Å²) >= 11 is 0. The average molecular weight is 391 g/mol. The van der Waals surface area contributed by atoms with E-state index in [0.29, 0.717) is 32.1 Å². The maximum atomic E-state index is 5.53. The molecule has 0 bridgehead atoms. The Bertz CT molecular complexity index is 999. The van der Waals surface area contributed by atoms with E-state index in [-0.39, 0.29) is 5.96 Å². The summed E-state index contributed by atoms with van der Waals surface area (Å²) in [5, 5.41) is 4.31. The standard InChI is InChI=1S/C21H25N7O/c1-15-5-7-18-17(14-15)20(25-10-12-29-13-11-26-21(22)23)28-19(27-18)8-6-16-4-2-3-9-24-16/h2-9,14H,10-13H2,1H3,(H4,22,23,26)(H,25,27,28). The fourth-order valence-electron chi connectivity index (χ4n) is 2.69. The number of nitrogens with two attached hydrogens (primary N) is 2. The van der Waals surface area contributed by atoms with Crippen molar-refractivity contribution in [2.24, 2.45) is 16.5 Å². The van der Waals surface area contributed by atoms with Crippen molar-refractivity contribution < 1.29 is 4.74 Å². The Morgan fingerprint density at radius 1 is 1.14 bits per heavy atom. The van der Waals surface area contributed by atoms with Crippen LogP contribution in [0.1, 0.15) is 17.1 Å². The number of nitrogens with zero attached hydrogens (tertiary/aromatic N) is 4. The zero-order valence-electron chi connectivity index (χ0n) is 16.4. The van der Waals surface area contributed by atoms with Crippen molar-refractivity contribution >= 4 is 34.8 Å². The van der Waals surface area contributed by atoms with Crippen LogP contribution in [0.4, 0.5) is 5.82 Å². The van der Waals surface area contributed by atoms with Crippen molar-refractivity contribution in [3.8, 4) is 0 Å². The second-order valence-electron chi connectivity index (χ2n) is 6.38. The molecule has 2 heterocycles. The predicted octanol–water partition coefficient (Wildman–Crippen LogP) is 2.21. The Morgan fingerprint density at radius 2 is 2.03 bits per heavy atom. The highest BCUT2D eigenvalue weighted by molar-refractivity contribution is 5.90. The van der Waals surface area contributed by atoms with E-state index in [9.17, 15) is 0 Å². The summed E-state index contributed by atoms with van der Waals surface area (Å²) in [6.45, 7) is 4.06. The van der Waals surface area contributed by atoms with Gasteiger partial charge in [0.05, 0.1) is 31.0 Å². The van der Waals surface area contributed by atoms with Gasteiger partial charge in [0, 0.05) is 18.1 Å². The number of rotatable bonds is 9. The van der Waals surface area contributed by atoms with Gasteiger partial charge < -0.3 is 21.5 Å². The van der Waals surface area contributed by atoms with Crippen LogP contribution in [0.15, 0.2) is 47.6 Å². The molecule has 8 heteroatoms. The third-order valence-electron chi connectivity index (χ3n) is 4.03. The van der Waals surface area contributed by atoms with Gasteiger partial charge in [-0.1, -0.05) is 17.7 Å². The van der Waals surface area contributed by atoms with Gasteiger partial charge in [0.15, 0.2) is 11.8 Å². The van der Waals surface area contributed by atoms with Crippen LogP contribution in [0.25, 0.3) is 23.1 Å². The molecule has 29 heavy (non-hydrogen) atoms. The molecule has 0 spiro atoms. The number of guanidine groups is 1. The first-order chi connectivity index (χ1) is 14.1. The molecule has 0 aliphatic heterocycles. The maximum absolute atomic E-state index is 5.53. The van der Waals surface area contributed by atoms with Gasteiger partial charge in [-0.2, -0.15) is 0 Å². The van der Waals surface area contributed by atoms with Gasteiger partial charge in [0.1, 0.15) is 5.82 Å². The van der Waals surface area contributed by atoms with Gasteiger partial charge in [-0.15, -0.1) is 0 Å². The number of aryl methyl sites for hydroxylation is 1. The van der Waals surface area contributed by atoms with Gasteiger partial charge in [-0.3, -0.25) is 9.98 Å². The van der Waals surface area contributed by atoms with E-state index in [1.807, 2.05) is 49.4 Å². The number of ether oxygens (including phenoxy) is 1. The minimum atomic E-state index is 0.0702. The number of aromatic nitrogens is 3. The highest BCUT2D eigenvalue weighted by atomic mass is 16.5. The third kappa shape index (κ3) is 6.25. The molecule has 0 saturated heterocycles. The number of hydrogen-bond acceptors (Lipinski definition) is 6. The summed E-state index contributed by atoms with van der Waals surface area (Å²) in [4.78, 5) is 17.5. The van der Waals surface area contributed by atoms with E-state index in [4.69, 9.17) is 16.2 Å². The van der Waals surface area contributed by atoms with Gasteiger partial charge in [0.2, 0.25) is 0 Å². The zero-order chi connectivity index (χ0) is 20.5. The van der Waals surface area contributed by atoms with Crippen LogP contribution >= 0.6 is 0 Å². The number of anilines is 1. The lowest BCUT2D eigenvalue weighted by Gasteiger charge is -2.10. The summed E-state index contributed by atoms with van der Waals surface area (Å²) < 4.78 is 5.53. The number of aliphatic imine (C=N–C) groups is 1. The van der Waals surface area contributed by atoms with E-state index in [0.717, 1.165) is 28.0 Å². The van der Waals surface area contributed by atoms with Gasteiger partial charge in [0.25, 0.3) is 0 Å². The molecule has 0 aliphatic carbocycles. The summed E-state index contributed by atoms with van der Waals surface area (Å²) in [6, 6.07) is 11.9. The summed E-state index contributed by atoms with van der Waals surface area (Å²) in [7, 11) is 0. The van der Waals surface area contributed by atoms with Gasteiger partial charge in [-0.05, 0) is 43.3 Å². The van der Waals surface area contributed by atoms with Crippen LogP contribution < -0.4 is 16.8 Å². The van der Waals surface area contributed by atoms with Crippen LogP contribution in [-0.2, 0) is 4.74 Å². The SMILES string of the molecule is Cc1ccc2nc(C=Cc3ccccn3)nc(NCCOCCN=C(N)N)c2c1. The van der Waals surface area contributed by atoms with Crippen molar-refractivity contribution in [1.29, 1.82) is 0 Å². The Morgan fingerprint density at radius 3 is 2.83 bits per heavy atom. The van der Waals surface area contributed by atoms with E-state index in [1.165, 1.54) is 0 Å². The van der Waals surface area contributed by atoms with Gasteiger partial charge in [-0.25, -0.2) is 9.97 Å². The molecular formula is C21H25N7O. The highest BCUT2D eigenvalue weighted by Gasteiger charge is 2.07. The van der Waals surface area contributed by atoms with E-state index >= 15 is 0 Å². The second-order valence-corrected chi connectivity index (χ2v) is 6.38. The Hall–Kier alpha value is -3.52. The molecule has 150 valence electrons. The summed E-state index contributed by atoms with van der Waals surface area (Å²) in [5.41, 5.74) is 13.4. The van der Waals surface area contributed by atoms with Crippen LogP contribution in [0.2, 0.25) is 0 Å². The highest BCUT2D eigenvalue weighted by Crippen LogP contribution is 2.22. The van der Waals surface area contributed by atoms with E-state index in [2.05, 4.69) is 31.3 Å². The van der Waals surface area contributed by atoms with Gasteiger partial charge >= 0.3 is 0 Å². The van der Waals surface area contributed by atoms with Crippen molar-refractivity contribution in [2.75, 3.05) is 31.6 Å². The Kier molecular flexibility index (Phi) is 7.07. The molecule has 0 unspecified atom stereocenters. The molecule has 8 nitrogen and oxygen atoms in total. The number of hydrogen-bond donors (Lipinski definition) is 3. The number of benzene rings is 1. The molecule has 0 amide bonds. The first kappa shape index (κ1) is 20.2. The molecule has 3 rings (SSSR count). The van der Waals surface area contributed by atoms with E-state index < -0.39 is 0 Å². The summed E-state index contributed by atoms with van der Waals surface area (Å²) in [6.07, 6.45) is 5.51. The zero-order valence-corrected chi connectivity index (χ0v) is 16.4. The minimum absolute atomic E-state index is 0.0702. The third-order valence-corrected chi connectivity index (χ3v) is 4.03. The fraction of sp³-hybridized carbons (Fsp3) is 0.238. The van der Waals surface area contributed by atoms with Crippen LogP contribution in [-0.4, -0.2) is 47.2 Å². The van der Waals surface area contributed by atoms with Crippen molar-refractivity contribution in [2.45, 2.75) is 6.92 Å². The smallest absolute Gasteiger partial charge is 0.185 e. The molecule has 0 saturated carbocycles. The van der Waals surface area contributed by atoms with Crippen molar-refractivity contribution in [3.63, 3.8) is 0 Å². The number of fused-ring (bicyclic) bond motifs is 1. The first-order valence-electron chi connectivity index (χ1n) is 9.36. The molecule has 0 atom stereocenters. The Balaban J connectivity index is 1.71. The van der Waals surface area contributed by atoms with Crippen LogP contribution in [0, 0.1) is 6.92 Å². The topological polar surface area (TPSA) is 124 Å². The maximum Gasteiger partial charge on any atom is 0.185 e. The predicted molar refractivity (Wildman–Crippen MR) is 117 cm³/mol. The second kappa shape index (κ2) is 10.1. The lowest BCUT2D eigenvalue weighted by atomic mass is 10.1. The molecule has 0 aliphatic rings. The monoisotopic (exact) mass is 391 g/mol. The molecule has 0 radical (unpaired) electrons. The molecular weight excluding hydrogens is 366 g/mol. The number of pyridine rings is 1. The normalized spacial score (nSPS) is 11.1. The van der Waals surface area contributed by atoms with E-state index in [1.54, 1.807) is 6.20 Å². The lowest BCUT2D eigenvalue weighted by molar-refractivity contribution is 0.152. The van der Waals surface area contributed by atoms with Crippen molar-refractivity contribution in [3.05, 3.63) is 59.7 Å². The molecule has 3 aromatic rings. The molecule has 1 aromatic carbocycles. The quantitative estimate of drug-likeness (QED) is 0.290. The first-order valence-corrected chi connectivity index (χ1v) is 9.36. The minimum Gasteiger partial charge on any atom is -0.378 e. The van der Waals surface area contributed by atoms with Crippen molar-refractivity contribution in [1.82, 2.24) is 15.0 Å². The fourth-order valence-corrected chi connectivity index (χ4v) is 2.69. The summed E-state index contributed by atoms with van der Waals surface area (Å²) in [5.74, 6) is 1.45. The van der Waals surface area contributed by atoms with Crippen LogP contribution in [0.5, 0.6) is 0 Å². The Labute approximate surface area is 169 Å². The average Bonchev–Trinajstić information content (AvgIpc) is 2.72. The molecule has 2 aromatic heterocycles. The molecule has 0 fully saturated rings. The lowest BCUT2D eigenvalue weighted by Crippen LogP contribution is -2.23. The molecule has 5 N–H and O–H groups in total. The number of nitrogens with one attached hydrogen (secondary N) is 1. The largest absolute Gasteiger partial charge is 0.378 e. The van der Waals surface area contributed by atoms with Crippen LogP contribution in [0.3, 0.4) is 0 Å².